The fourth-order valence-corrected chi connectivity index (χ4v) is 6.20. The summed E-state index contributed by atoms with van der Waals surface area (Å²) in [5, 5.41) is 32.1. The van der Waals surface area contributed by atoms with Crippen LogP contribution in [0.4, 0.5) is 0 Å². The van der Waals surface area contributed by atoms with Gasteiger partial charge in [-0.1, -0.05) is 104 Å². The SMILES string of the molecule is C/C=C/CCCCCCCCCCCCCCCC[N+](C(CC)C(=O)[O-])(C(CC)C(=O)O)C(CC)C(=O)O. The van der Waals surface area contributed by atoms with Crippen molar-refractivity contribution >= 4 is 17.9 Å². The first-order valence-corrected chi connectivity index (χ1v) is 15.4. The second-order valence-electron chi connectivity index (χ2n) is 10.8. The number of carboxylic acid groups (broad SMARTS) is 3. The second kappa shape index (κ2) is 22.0. The van der Waals surface area contributed by atoms with E-state index in [0.29, 0.717) is 6.42 Å². The van der Waals surface area contributed by atoms with Gasteiger partial charge in [0.1, 0.15) is 6.04 Å². The fraction of sp³-hybridized carbons (Fsp3) is 0.839. The van der Waals surface area contributed by atoms with E-state index in [4.69, 9.17) is 0 Å². The zero-order valence-corrected chi connectivity index (χ0v) is 24.8. The molecule has 0 bridgehead atoms. The van der Waals surface area contributed by atoms with Crippen molar-refractivity contribution in [2.45, 2.75) is 161 Å². The van der Waals surface area contributed by atoms with E-state index in [1.165, 1.54) is 70.6 Å². The summed E-state index contributed by atoms with van der Waals surface area (Å²) in [5.74, 6) is -3.65. The monoisotopic (exact) mass is 539 g/mol. The Balaban J connectivity index is 4.62. The van der Waals surface area contributed by atoms with Crippen LogP contribution in [-0.2, 0) is 14.4 Å². The number of allylic oxidation sites excluding steroid dienone is 2. The van der Waals surface area contributed by atoms with Crippen LogP contribution in [0, 0.1) is 0 Å². The van der Waals surface area contributed by atoms with Crippen LogP contribution in [0.25, 0.3) is 0 Å². The highest BCUT2D eigenvalue weighted by molar-refractivity contribution is 5.77. The van der Waals surface area contributed by atoms with Gasteiger partial charge < -0.3 is 20.1 Å². The van der Waals surface area contributed by atoms with Crippen LogP contribution in [0.1, 0.15) is 143 Å². The molecule has 7 heteroatoms. The largest absolute Gasteiger partial charge is 0.544 e. The molecule has 0 aromatic heterocycles. The lowest BCUT2D eigenvalue weighted by molar-refractivity contribution is -0.974. The van der Waals surface area contributed by atoms with Crippen LogP contribution >= 0.6 is 0 Å². The molecule has 3 atom stereocenters. The van der Waals surface area contributed by atoms with Crippen LogP contribution in [-0.4, -0.2) is 57.3 Å². The standard InChI is InChI=1S/C31H57NO6/c1-5-9-10-11-12-13-14-15-16-17-18-19-20-21-22-23-24-25-32(26(6-2)29(33)34,27(7-3)30(35)36)28(8-4)31(37)38/h5,9,26-28H,6-8,10-25H2,1-4H3,(H2-,33,34,35,36,37,38)/b9-5+. The minimum absolute atomic E-state index is 0.131. The Bertz CT molecular complexity index is 622. The molecule has 0 aliphatic carbocycles. The summed E-state index contributed by atoms with van der Waals surface area (Å²) in [6.07, 6.45) is 22.5. The maximum Gasteiger partial charge on any atom is 0.362 e. The van der Waals surface area contributed by atoms with Crippen molar-refractivity contribution in [3.05, 3.63) is 12.2 Å². The van der Waals surface area contributed by atoms with Crippen LogP contribution in [0.15, 0.2) is 12.2 Å². The van der Waals surface area contributed by atoms with Crippen molar-refractivity contribution < 1.29 is 34.2 Å². The third-order valence-electron chi connectivity index (χ3n) is 8.15. The third-order valence-corrected chi connectivity index (χ3v) is 8.15. The Labute approximate surface area is 232 Å². The highest BCUT2D eigenvalue weighted by Gasteiger charge is 2.53. The predicted molar refractivity (Wildman–Crippen MR) is 152 cm³/mol. The molecule has 0 aliphatic rings. The third kappa shape index (κ3) is 12.8. The normalized spacial score (nSPS) is 15.7. The first kappa shape index (κ1) is 36.1. The van der Waals surface area contributed by atoms with E-state index in [2.05, 4.69) is 19.1 Å². The molecular weight excluding hydrogens is 482 g/mol. The van der Waals surface area contributed by atoms with Crippen molar-refractivity contribution in [2.75, 3.05) is 6.54 Å². The summed E-state index contributed by atoms with van der Waals surface area (Å²) in [5.41, 5.74) is 0. The molecule has 0 aromatic rings. The van der Waals surface area contributed by atoms with Gasteiger partial charge in [-0.2, -0.15) is 0 Å². The number of nitrogens with zero attached hydrogens (tertiary/aromatic N) is 1. The number of hydrogen-bond acceptors (Lipinski definition) is 4. The maximum absolute atomic E-state index is 12.2. The number of carbonyl (C=O) groups is 3. The molecule has 0 aliphatic heterocycles. The average Bonchev–Trinajstić information content (AvgIpc) is 2.86. The molecule has 0 rings (SSSR count). The van der Waals surface area contributed by atoms with Gasteiger partial charge in [-0.3, -0.25) is 4.48 Å². The maximum atomic E-state index is 12.2. The summed E-state index contributed by atoms with van der Waals surface area (Å²) in [6, 6.07) is -3.37. The van der Waals surface area contributed by atoms with Gasteiger partial charge >= 0.3 is 11.9 Å². The Morgan fingerprint density at radius 1 is 0.632 bits per heavy atom. The summed E-state index contributed by atoms with van der Waals surface area (Å²) in [6.45, 7) is 7.34. The van der Waals surface area contributed by atoms with Crippen molar-refractivity contribution in [3.8, 4) is 0 Å². The van der Waals surface area contributed by atoms with E-state index >= 15 is 0 Å². The zero-order valence-electron chi connectivity index (χ0n) is 24.8. The van der Waals surface area contributed by atoms with Crippen molar-refractivity contribution in [1.82, 2.24) is 0 Å². The molecule has 0 aromatic carbocycles. The van der Waals surface area contributed by atoms with E-state index in [0.717, 1.165) is 19.3 Å². The highest BCUT2D eigenvalue weighted by atomic mass is 16.4. The van der Waals surface area contributed by atoms with Gasteiger partial charge in [-0.25, -0.2) is 9.59 Å². The topological polar surface area (TPSA) is 115 Å². The lowest BCUT2D eigenvalue weighted by atomic mass is 9.93. The number of aliphatic carboxylic acids is 3. The molecule has 0 amide bonds. The van der Waals surface area contributed by atoms with Crippen LogP contribution in [0.2, 0.25) is 0 Å². The van der Waals surface area contributed by atoms with Gasteiger partial charge in [0.25, 0.3) is 0 Å². The molecule has 0 spiro atoms. The number of hydrogen-bond donors (Lipinski definition) is 2. The van der Waals surface area contributed by atoms with E-state index in [9.17, 15) is 29.7 Å². The molecule has 0 fully saturated rings. The predicted octanol–water partition coefficient (Wildman–Crippen LogP) is 6.49. The van der Waals surface area contributed by atoms with E-state index < -0.39 is 40.5 Å². The Morgan fingerprint density at radius 2 is 0.974 bits per heavy atom. The van der Waals surface area contributed by atoms with Crippen molar-refractivity contribution in [2.24, 2.45) is 0 Å². The number of unbranched alkanes of at least 4 members (excludes halogenated alkanes) is 14. The minimum atomic E-state index is -1.36. The highest BCUT2D eigenvalue weighted by Crippen LogP contribution is 2.32. The van der Waals surface area contributed by atoms with Gasteiger partial charge in [0.05, 0.1) is 12.5 Å². The molecule has 0 radical (unpaired) electrons. The quantitative estimate of drug-likeness (QED) is 0.0738. The molecule has 0 saturated heterocycles. The zero-order chi connectivity index (χ0) is 28.8. The van der Waals surface area contributed by atoms with Crippen LogP contribution < -0.4 is 5.11 Å². The van der Waals surface area contributed by atoms with E-state index in [1.54, 1.807) is 20.8 Å². The molecule has 0 heterocycles. The van der Waals surface area contributed by atoms with Crippen LogP contribution in [0.3, 0.4) is 0 Å². The molecule has 222 valence electrons. The average molecular weight is 540 g/mol. The first-order chi connectivity index (χ1) is 18.2. The second-order valence-corrected chi connectivity index (χ2v) is 10.8. The molecule has 7 nitrogen and oxygen atoms in total. The number of carbonyl (C=O) groups excluding carboxylic acids is 1. The smallest absolute Gasteiger partial charge is 0.362 e. The lowest BCUT2D eigenvalue weighted by Gasteiger charge is -2.51. The number of quaternary nitrogens is 1. The summed E-state index contributed by atoms with van der Waals surface area (Å²) < 4.78 is -0.466. The van der Waals surface area contributed by atoms with Gasteiger partial charge in [0.15, 0.2) is 12.1 Å². The van der Waals surface area contributed by atoms with E-state index in [1.807, 2.05) is 0 Å². The van der Waals surface area contributed by atoms with Gasteiger partial charge in [-0.05, 0) is 32.6 Å². The van der Waals surface area contributed by atoms with Gasteiger partial charge in [0, 0.05) is 19.3 Å². The summed E-state index contributed by atoms with van der Waals surface area (Å²) in [7, 11) is 0. The molecule has 38 heavy (non-hydrogen) atoms. The fourth-order valence-electron chi connectivity index (χ4n) is 6.20. The Hall–Kier alpha value is -1.89. The van der Waals surface area contributed by atoms with Crippen molar-refractivity contribution in [1.29, 1.82) is 0 Å². The molecule has 3 unspecified atom stereocenters. The molecule has 0 saturated carbocycles. The summed E-state index contributed by atoms with van der Waals surface area (Å²) >= 11 is 0. The van der Waals surface area contributed by atoms with Gasteiger partial charge in [-0.15, -0.1) is 0 Å². The number of rotatable bonds is 26. The number of carboxylic acids is 3. The molecule has 2 N–H and O–H groups in total. The van der Waals surface area contributed by atoms with E-state index in [-0.39, 0.29) is 25.8 Å². The van der Waals surface area contributed by atoms with Crippen LogP contribution in [0.5, 0.6) is 0 Å². The Morgan fingerprint density at radius 3 is 1.26 bits per heavy atom. The lowest BCUT2D eigenvalue weighted by Crippen LogP contribution is -2.73. The Kier molecular flexibility index (Phi) is 20.9. The summed E-state index contributed by atoms with van der Waals surface area (Å²) in [4.78, 5) is 36.6. The first-order valence-electron chi connectivity index (χ1n) is 15.4. The molecular formula is C31H57NO6. The van der Waals surface area contributed by atoms with Gasteiger partial charge in [0.2, 0.25) is 0 Å². The minimum Gasteiger partial charge on any atom is -0.544 e. The van der Waals surface area contributed by atoms with Crippen molar-refractivity contribution in [3.63, 3.8) is 0 Å².